The van der Waals surface area contributed by atoms with Gasteiger partial charge in [0.05, 0.1) is 37.1 Å². The Hall–Kier alpha value is -2.03. The zero-order valence-electron chi connectivity index (χ0n) is 14.0. The normalized spacial score (nSPS) is 20.2. The smallest absolute Gasteiger partial charge is 0.257 e. The van der Waals surface area contributed by atoms with Crippen molar-refractivity contribution in [3.8, 4) is 5.88 Å². The molecule has 2 aromatic rings. The molecule has 1 saturated heterocycles. The van der Waals surface area contributed by atoms with Gasteiger partial charge in [-0.15, -0.1) is 11.3 Å². The molecule has 0 aromatic carbocycles. The lowest BCUT2D eigenvalue weighted by Crippen LogP contribution is -2.50. The van der Waals surface area contributed by atoms with Crippen molar-refractivity contribution in [1.29, 1.82) is 0 Å². The summed E-state index contributed by atoms with van der Waals surface area (Å²) in [7, 11) is 0. The molecule has 3 rings (SSSR count). The monoisotopic (exact) mass is 363 g/mol. The van der Waals surface area contributed by atoms with Crippen LogP contribution in [0.5, 0.6) is 5.88 Å². The predicted molar refractivity (Wildman–Crippen MR) is 92.8 cm³/mol. The number of ether oxygens (including phenoxy) is 3. The molecule has 1 amide bonds. The van der Waals surface area contributed by atoms with Gasteiger partial charge in [0.2, 0.25) is 5.88 Å². The minimum absolute atomic E-state index is 0.130. The Labute approximate surface area is 150 Å². The van der Waals surface area contributed by atoms with Crippen molar-refractivity contribution in [3.05, 3.63) is 40.5 Å². The number of hydrogen-bond donors (Lipinski definition) is 1. The van der Waals surface area contributed by atoms with E-state index in [0.29, 0.717) is 44.3 Å². The zero-order chi connectivity index (χ0) is 17.5. The minimum atomic E-state index is -0.217. The largest absolute Gasteiger partial charge is 0.477 e. The van der Waals surface area contributed by atoms with Crippen LogP contribution in [0.1, 0.15) is 29.4 Å². The van der Waals surface area contributed by atoms with Gasteiger partial charge in [0.25, 0.3) is 5.91 Å². The number of thiazole rings is 1. The fourth-order valence-electron chi connectivity index (χ4n) is 2.60. The molecular formula is C17H21N3O4S. The average Bonchev–Trinajstić information content (AvgIpc) is 3.15. The van der Waals surface area contributed by atoms with Crippen molar-refractivity contribution in [1.82, 2.24) is 15.3 Å². The van der Waals surface area contributed by atoms with E-state index in [4.69, 9.17) is 14.2 Å². The van der Waals surface area contributed by atoms with Gasteiger partial charge in [0.1, 0.15) is 11.7 Å². The van der Waals surface area contributed by atoms with Crippen molar-refractivity contribution in [2.24, 2.45) is 0 Å². The van der Waals surface area contributed by atoms with E-state index >= 15 is 0 Å². The highest BCUT2D eigenvalue weighted by molar-refractivity contribution is 7.07. The highest BCUT2D eigenvalue weighted by Gasteiger charge is 2.29. The van der Waals surface area contributed by atoms with Crippen LogP contribution in [-0.4, -0.2) is 47.8 Å². The average molecular weight is 363 g/mol. The summed E-state index contributed by atoms with van der Waals surface area (Å²) in [5.41, 5.74) is 3.08. The number of nitrogens with zero attached hydrogens (tertiary/aromatic N) is 2. The van der Waals surface area contributed by atoms with Gasteiger partial charge in [-0.05, 0) is 25.5 Å². The van der Waals surface area contributed by atoms with Crippen molar-refractivity contribution in [2.45, 2.75) is 32.1 Å². The Balaban J connectivity index is 1.63. The fraction of sp³-hybridized carbons (Fsp3) is 0.471. The second-order valence-corrected chi connectivity index (χ2v) is 6.28. The highest BCUT2D eigenvalue weighted by Crippen LogP contribution is 2.18. The quantitative estimate of drug-likeness (QED) is 0.811. The molecule has 1 aliphatic rings. The number of pyridine rings is 1. The van der Waals surface area contributed by atoms with Crippen LogP contribution in [-0.2, 0) is 16.1 Å². The van der Waals surface area contributed by atoms with E-state index in [-0.39, 0.29) is 18.1 Å². The number of aromatic nitrogens is 2. The Kier molecular flexibility index (Phi) is 6.32. The Morgan fingerprint density at radius 3 is 3.20 bits per heavy atom. The molecular weight excluding hydrogens is 342 g/mol. The van der Waals surface area contributed by atoms with Gasteiger partial charge in [-0.2, -0.15) is 0 Å². The maximum atomic E-state index is 12.6. The Bertz CT molecular complexity index is 680. The summed E-state index contributed by atoms with van der Waals surface area (Å²) in [5, 5.41) is 4.98. The van der Waals surface area contributed by atoms with E-state index in [1.165, 1.54) is 11.3 Å². The van der Waals surface area contributed by atoms with Crippen LogP contribution < -0.4 is 10.1 Å². The number of hydrogen-bond acceptors (Lipinski definition) is 7. The summed E-state index contributed by atoms with van der Waals surface area (Å²) in [4.78, 5) is 21.0. The van der Waals surface area contributed by atoms with Crippen LogP contribution in [0.4, 0.5) is 0 Å². The van der Waals surface area contributed by atoms with Gasteiger partial charge in [-0.25, -0.2) is 9.97 Å². The van der Waals surface area contributed by atoms with Crippen molar-refractivity contribution >= 4 is 17.2 Å². The number of nitrogens with one attached hydrogen (secondary N) is 1. The molecule has 1 N–H and O–H groups in total. The molecule has 0 aliphatic carbocycles. The molecule has 3 heterocycles. The second-order valence-electron chi connectivity index (χ2n) is 5.56. The van der Waals surface area contributed by atoms with Crippen LogP contribution in [0.25, 0.3) is 0 Å². The Morgan fingerprint density at radius 1 is 1.48 bits per heavy atom. The molecule has 7 nitrogen and oxygen atoms in total. The molecule has 8 heteroatoms. The standard InChI is InChI=1S/C17H21N3O4S/c1-2-23-17-13(4-3-6-18-17)16(21)20-14-5-7-22-9-15(14)24-8-12-10-25-11-19-12/h3-4,6,10-11,14-15H,2,5,7-9H2,1H3,(H,20,21)/t14-,15-/m1/s1. The summed E-state index contributed by atoms with van der Waals surface area (Å²) < 4.78 is 16.8. The minimum Gasteiger partial charge on any atom is -0.477 e. The lowest BCUT2D eigenvalue weighted by atomic mass is 10.1. The molecule has 0 spiro atoms. The number of carbonyl (C=O) groups is 1. The van der Waals surface area contributed by atoms with Gasteiger partial charge in [-0.3, -0.25) is 4.79 Å². The van der Waals surface area contributed by atoms with E-state index in [9.17, 15) is 4.79 Å². The molecule has 2 atom stereocenters. The van der Waals surface area contributed by atoms with Crippen molar-refractivity contribution in [3.63, 3.8) is 0 Å². The SMILES string of the molecule is CCOc1ncccc1C(=O)N[C@@H]1CCOC[C@H]1OCc1cscn1. The molecule has 1 aliphatic heterocycles. The van der Waals surface area contributed by atoms with Gasteiger partial charge >= 0.3 is 0 Å². The highest BCUT2D eigenvalue weighted by atomic mass is 32.1. The van der Waals surface area contributed by atoms with E-state index in [0.717, 1.165) is 5.69 Å². The third-order valence-corrected chi connectivity index (χ3v) is 4.48. The second kappa shape index (κ2) is 8.89. The zero-order valence-corrected chi connectivity index (χ0v) is 14.8. The van der Waals surface area contributed by atoms with Crippen LogP contribution in [0.2, 0.25) is 0 Å². The molecule has 25 heavy (non-hydrogen) atoms. The molecule has 0 bridgehead atoms. The van der Waals surface area contributed by atoms with E-state index in [1.54, 1.807) is 23.8 Å². The predicted octanol–water partition coefficient (Wildman–Crippen LogP) is 2.04. The first-order valence-corrected chi connectivity index (χ1v) is 9.17. The summed E-state index contributed by atoms with van der Waals surface area (Å²) in [6, 6.07) is 3.30. The molecule has 0 radical (unpaired) electrons. The van der Waals surface area contributed by atoms with Gasteiger partial charge in [-0.1, -0.05) is 0 Å². The first kappa shape index (κ1) is 17.8. The first-order valence-electron chi connectivity index (χ1n) is 8.23. The van der Waals surface area contributed by atoms with E-state index < -0.39 is 0 Å². The van der Waals surface area contributed by atoms with Gasteiger partial charge < -0.3 is 19.5 Å². The van der Waals surface area contributed by atoms with Gasteiger partial charge in [0.15, 0.2) is 0 Å². The van der Waals surface area contributed by atoms with Crippen LogP contribution in [0, 0.1) is 0 Å². The molecule has 2 aromatic heterocycles. The van der Waals surface area contributed by atoms with E-state index in [1.807, 2.05) is 12.3 Å². The third-order valence-electron chi connectivity index (χ3n) is 3.85. The lowest BCUT2D eigenvalue weighted by molar-refractivity contribution is -0.0742. The van der Waals surface area contributed by atoms with Crippen molar-refractivity contribution in [2.75, 3.05) is 19.8 Å². The maximum absolute atomic E-state index is 12.6. The summed E-state index contributed by atoms with van der Waals surface area (Å²) in [6.07, 6.45) is 2.08. The van der Waals surface area contributed by atoms with Crippen LogP contribution in [0.3, 0.4) is 0 Å². The van der Waals surface area contributed by atoms with Crippen LogP contribution >= 0.6 is 11.3 Å². The molecule has 0 saturated carbocycles. The number of carbonyl (C=O) groups excluding carboxylic acids is 1. The van der Waals surface area contributed by atoms with Gasteiger partial charge in [0, 0.05) is 18.2 Å². The van der Waals surface area contributed by atoms with Crippen molar-refractivity contribution < 1.29 is 19.0 Å². The topological polar surface area (TPSA) is 82.6 Å². The first-order chi connectivity index (χ1) is 12.3. The summed E-state index contributed by atoms with van der Waals surface area (Å²) in [5.74, 6) is 0.125. The Morgan fingerprint density at radius 2 is 2.40 bits per heavy atom. The number of rotatable bonds is 7. The van der Waals surface area contributed by atoms with Crippen LogP contribution in [0.15, 0.2) is 29.2 Å². The molecule has 0 unspecified atom stereocenters. The summed E-state index contributed by atoms with van der Waals surface area (Å²) >= 11 is 1.53. The third kappa shape index (κ3) is 4.75. The number of amides is 1. The van der Waals surface area contributed by atoms with E-state index in [2.05, 4.69) is 15.3 Å². The lowest BCUT2D eigenvalue weighted by Gasteiger charge is -2.32. The fourth-order valence-corrected chi connectivity index (χ4v) is 3.15. The summed E-state index contributed by atoms with van der Waals surface area (Å²) in [6.45, 7) is 3.75. The molecule has 134 valence electrons. The molecule has 1 fully saturated rings. The maximum Gasteiger partial charge on any atom is 0.257 e.